The van der Waals surface area contributed by atoms with Gasteiger partial charge in [0.05, 0.1) is 24.2 Å². The average Bonchev–Trinajstić information content (AvgIpc) is 2.56. The molecule has 1 aliphatic heterocycles. The Hall–Kier alpha value is 0.270. The molecule has 1 rings (SSSR count). The zero-order chi connectivity index (χ0) is 19.8. The highest BCUT2D eigenvalue weighted by molar-refractivity contribution is 8.67. The van der Waals surface area contributed by atoms with Crippen LogP contribution in [-0.2, 0) is 35.2 Å². The molecule has 1 aliphatic rings. The highest BCUT2D eigenvalue weighted by atomic mass is 32.9. The summed E-state index contributed by atoms with van der Waals surface area (Å²) in [4.78, 5) is 14.7. The SMILES string of the molecule is CC(C)(C)OP(=S)(ON)SCCOC(=O)C(C)(C)CCN1CCOCC1. The van der Waals surface area contributed by atoms with Crippen molar-refractivity contribution >= 4 is 34.9 Å². The summed E-state index contributed by atoms with van der Waals surface area (Å²) in [6, 6.07) is 0. The third-order valence-electron chi connectivity index (χ3n) is 3.79. The highest BCUT2D eigenvalue weighted by Crippen LogP contribution is 2.61. The number of nitrogens with zero attached hydrogens (tertiary/aromatic N) is 1. The van der Waals surface area contributed by atoms with Gasteiger partial charge in [0.15, 0.2) is 0 Å². The molecule has 1 saturated heterocycles. The van der Waals surface area contributed by atoms with E-state index in [9.17, 15) is 4.79 Å². The van der Waals surface area contributed by atoms with E-state index in [0.717, 1.165) is 39.3 Å². The van der Waals surface area contributed by atoms with Crippen LogP contribution in [0.2, 0.25) is 0 Å². The summed E-state index contributed by atoms with van der Waals surface area (Å²) in [6.45, 7) is 14.0. The lowest BCUT2D eigenvalue weighted by atomic mass is 9.89. The van der Waals surface area contributed by atoms with Gasteiger partial charge in [0.2, 0.25) is 0 Å². The van der Waals surface area contributed by atoms with Crippen molar-refractivity contribution in [3.63, 3.8) is 0 Å². The van der Waals surface area contributed by atoms with Crippen LogP contribution in [0.5, 0.6) is 0 Å². The molecule has 1 heterocycles. The van der Waals surface area contributed by atoms with Gasteiger partial charge in [0, 0.05) is 18.8 Å². The predicted octanol–water partition coefficient (Wildman–Crippen LogP) is 2.94. The van der Waals surface area contributed by atoms with Crippen molar-refractivity contribution in [1.29, 1.82) is 0 Å². The quantitative estimate of drug-likeness (QED) is 0.244. The van der Waals surface area contributed by atoms with Crippen molar-refractivity contribution in [2.75, 3.05) is 45.2 Å². The second kappa shape index (κ2) is 10.7. The van der Waals surface area contributed by atoms with E-state index in [2.05, 4.69) is 4.90 Å². The number of carbonyl (C=O) groups excluding carboxylic acids is 1. The number of nitrogens with two attached hydrogens (primary N) is 1. The Kier molecular flexibility index (Phi) is 10.0. The molecule has 0 amide bonds. The molecule has 0 aliphatic carbocycles. The Morgan fingerprint density at radius 2 is 1.88 bits per heavy atom. The third-order valence-corrected chi connectivity index (χ3v) is 8.89. The van der Waals surface area contributed by atoms with E-state index >= 15 is 0 Å². The summed E-state index contributed by atoms with van der Waals surface area (Å²) in [5, 5.41) is 0. The van der Waals surface area contributed by atoms with Crippen LogP contribution >= 0.6 is 17.1 Å². The van der Waals surface area contributed by atoms with Gasteiger partial charge in [-0.1, -0.05) is 11.4 Å². The van der Waals surface area contributed by atoms with Gasteiger partial charge >= 0.3 is 5.97 Å². The Bertz CT molecular complexity index is 494. The van der Waals surface area contributed by atoms with Crippen molar-refractivity contribution in [2.24, 2.45) is 11.3 Å². The van der Waals surface area contributed by atoms with Crippen LogP contribution in [0.3, 0.4) is 0 Å². The number of carbonyl (C=O) groups is 1. The van der Waals surface area contributed by atoms with E-state index in [-0.39, 0.29) is 12.6 Å². The van der Waals surface area contributed by atoms with E-state index in [4.69, 9.17) is 36.3 Å². The van der Waals surface area contributed by atoms with E-state index < -0.39 is 16.7 Å². The van der Waals surface area contributed by atoms with E-state index in [1.54, 1.807) is 0 Å². The van der Waals surface area contributed by atoms with Crippen LogP contribution in [0.1, 0.15) is 41.0 Å². The van der Waals surface area contributed by atoms with Crippen LogP contribution in [0.15, 0.2) is 0 Å². The van der Waals surface area contributed by atoms with E-state index in [1.165, 1.54) is 11.4 Å². The fraction of sp³-hybridized carbons (Fsp3) is 0.938. The molecule has 26 heavy (non-hydrogen) atoms. The minimum absolute atomic E-state index is 0.204. The summed E-state index contributed by atoms with van der Waals surface area (Å²) in [6.07, 6.45) is 0.746. The maximum absolute atomic E-state index is 12.4. The van der Waals surface area contributed by atoms with Gasteiger partial charge in [-0.2, -0.15) is 0 Å². The van der Waals surface area contributed by atoms with Crippen LogP contribution in [-0.4, -0.2) is 61.7 Å². The van der Waals surface area contributed by atoms with Gasteiger partial charge in [-0.3, -0.25) is 9.69 Å². The largest absolute Gasteiger partial charge is 0.464 e. The van der Waals surface area contributed by atoms with E-state index in [1.807, 2.05) is 34.6 Å². The van der Waals surface area contributed by atoms with Gasteiger partial charge in [-0.25, -0.2) is 10.5 Å². The first-order valence-corrected chi connectivity index (χ1v) is 13.0. The number of hydrogen-bond donors (Lipinski definition) is 1. The fourth-order valence-corrected chi connectivity index (χ4v) is 6.71. The summed E-state index contributed by atoms with van der Waals surface area (Å²) in [5.41, 5.74) is -3.61. The minimum atomic E-state index is -2.64. The lowest BCUT2D eigenvalue weighted by Gasteiger charge is -2.30. The molecular formula is C16H33N2O5PS2. The van der Waals surface area contributed by atoms with Gasteiger partial charge in [0.1, 0.15) is 6.61 Å². The van der Waals surface area contributed by atoms with Gasteiger partial charge in [-0.05, 0) is 59.4 Å². The third kappa shape index (κ3) is 9.46. The number of ether oxygens (including phenoxy) is 2. The number of rotatable bonds is 10. The number of esters is 1. The Morgan fingerprint density at radius 1 is 1.27 bits per heavy atom. The first-order valence-electron chi connectivity index (χ1n) is 8.79. The first-order chi connectivity index (χ1) is 12.0. The van der Waals surface area contributed by atoms with Crippen molar-refractivity contribution < 1.29 is 23.4 Å². The van der Waals surface area contributed by atoms with E-state index in [0.29, 0.717) is 5.75 Å². The molecule has 0 radical (unpaired) electrons. The Labute approximate surface area is 166 Å². The molecule has 0 spiro atoms. The molecule has 10 heteroatoms. The monoisotopic (exact) mass is 428 g/mol. The second-order valence-corrected chi connectivity index (χ2v) is 14.1. The van der Waals surface area contributed by atoms with Crippen molar-refractivity contribution in [3.05, 3.63) is 0 Å². The van der Waals surface area contributed by atoms with Crippen molar-refractivity contribution in [1.82, 2.24) is 4.90 Å². The summed E-state index contributed by atoms with van der Waals surface area (Å²) in [5.74, 6) is 5.59. The maximum atomic E-state index is 12.4. The van der Waals surface area contributed by atoms with Crippen LogP contribution in [0.25, 0.3) is 0 Å². The molecule has 0 saturated carbocycles. The molecule has 1 fully saturated rings. The lowest BCUT2D eigenvalue weighted by molar-refractivity contribution is -0.153. The van der Waals surface area contributed by atoms with Crippen LogP contribution < -0.4 is 5.90 Å². The molecule has 0 bridgehead atoms. The molecule has 1 atom stereocenters. The van der Waals surface area contributed by atoms with Crippen LogP contribution in [0.4, 0.5) is 0 Å². The second-order valence-electron chi connectivity index (χ2n) is 7.81. The zero-order valence-corrected chi connectivity index (χ0v) is 19.0. The molecule has 0 aromatic carbocycles. The summed E-state index contributed by atoms with van der Waals surface area (Å²) >= 11 is 6.66. The summed E-state index contributed by atoms with van der Waals surface area (Å²) < 4.78 is 21.4. The molecule has 0 aromatic rings. The van der Waals surface area contributed by atoms with Crippen molar-refractivity contribution in [3.8, 4) is 0 Å². The molecule has 7 nitrogen and oxygen atoms in total. The van der Waals surface area contributed by atoms with Gasteiger partial charge < -0.3 is 14.0 Å². The maximum Gasteiger partial charge on any atom is 0.311 e. The van der Waals surface area contributed by atoms with Gasteiger partial charge in [-0.15, -0.1) is 0 Å². The zero-order valence-electron chi connectivity index (χ0n) is 16.5. The Morgan fingerprint density at radius 3 is 2.42 bits per heavy atom. The Balaban J connectivity index is 2.33. The first kappa shape index (κ1) is 24.3. The number of morpholine rings is 1. The normalized spacial score (nSPS) is 19.2. The topological polar surface area (TPSA) is 83.2 Å². The molecule has 154 valence electrons. The smallest absolute Gasteiger partial charge is 0.311 e. The molecule has 1 unspecified atom stereocenters. The van der Waals surface area contributed by atoms with Gasteiger partial charge in [0.25, 0.3) is 5.69 Å². The summed E-state index contributed by atoms with van der Waals surface area (Å²) in [7, 11) is 0. The molecule has 2 N–H and O–H groups in total. The minimum Gasteiger partial charge on any atom is -0.464 e. The van der Waals surface area contributed by atoms with Crippen molar-refractivity contribution in [2.45, 2.75) is 46.6 Å². The lowest BCUT2D eigenvalue weighted by Crippen LogP contribution is -2.39. The molecular weight excluding hydrogens is 395 g/mol. The average molecular weight is 429 g/mol. The fourth-order valence-electron chi connectivity index (χ4n) is 2.26. The van der Waals surface area contributed by atoms with Crippen LogP contribution in [0, 0.1) is 5.41 Å². The standard InChI is InChI=1S/C16H33N2O5PS2/c1-15(2,3)22-24(25,23-17)26-13-12-21-14(19)16(4,5)6-7-18-8-10-20-11-9-18/h6-13,17H2,1-5H3. The number of hydrogen-bond acceptors (Lipinski definition) is 9. The molecule has 0 aromatic heterocycles. The highest BCUT2D eigenvalue weighted by Gasteiger charge is 2.31. The predicted molar refractivity (Wildman–Crippen MR) is 109 cm³/mol.